The van der Waals surface area contributed by atoms with Crippen LogP contribution in [0.25, 0.3) is 0 Å². The molecule has 0 spiro atoms. The van der Waals surface area contributed by atoms with Crippen LogP contribution in [0.5, 0.6) is 5.75 Å². The molecule has 32 heavy (non-hydrogen) atoms. The molecule has 3 aromatic carbocycles. The van der Waals surface area contributed by atoms with Gasteiger partial charge < -0.3 is 15.4 Å². The number of rotatable bonds is 5. The van der Waals surface area contributed by atoms with Crippen molar-refractivity contribution in [3.05, 3.63) is 87.1 Å². The molecule has 0 heterocycles. The van der Waals surface area contributed by atoms with Crippen molar-refractivity contribution < 1.29 is 18.7 Å². The third-order valence-corrected chi connectivity index (χ3v) is 5.31. The Labute approximate surface area is 202 Å². The van der Waals surface area contributed by atoms with Gasteiger partial charge in [-0.15, -0.1) is 0 Å². The van der Waals surface area contributed by atoms with Crippen molar-refractivity contribution in [2.75, 3.05) is 17.7 Å². The molecular weight excluding hydrogens is 521 g/mol. The molecule has 3 N–H and O–H groups in total. The molecule has 6 nitrogen and oxygen atoms in total. The van der Waals surface area contributed by atoms with Crippen molar-refractivity contribution in [3.63, 3.8) is 0 Å². The number of methoxy groups -OCH3 is 1. The number of halogens is 3. The number of hydrogen-bond acceptors (Lipinski definition) is 4. The van der Waals surface area contributed by atoms with Crippen molar-refractivity contribution in [2.24, 2.45) is 0 Å². The number of carbonyl (C=O) groups excluding carboxylic acids is 2. The van der Waals surface area contributed by atoms with Crippen LogP contribution >= 0.6 is 39.7 Å². The summed E-state index contributed by atoms with van der Waals surface area (Å²) in [6.45, 7) is 0. The number of ether oxygens (including phenoxy) is 1. The third-order valence-electron chi connectivity index (χ3n) is 4.20. The fraction of sp³-hybridized carbons (Fsp3) is 0.0455. The van der Waals surface area contributed by atoms with Crippen LogP contribution in [0.4, 0.5) is 15.8 Å². The first-order valence-corrected chi connectivity index (χ1v) is 10.7. The molecule has 0 aliphatic heterocycles. The van der Waals surface area contributed by atoms with E-state index in [2.05, 4.69) is 31.9 Å². The van der Waals surface area contributed by atoms with E-state index in [0.29, 0.717) is 32.7 Å². The lowest BCUT2D eigenvalue weighted by atomic mass is 10.2. The van der Waals surface area contributed by atoms with Crippen molar-refractivity contribution >= 4 is 68.1 Å². The van der Waals surface area contributed by atoms with E-state index in [-0.39, 0.29) is 10.1 Å². The molecule has 0 atom stereocenters. The van der Waals surface area contributed by atoms with E-state index in [1.165, 1.54) is 25.3 Å². The summed E-state index contributed by atoms with van der Waals surface area (Å²) in [5.41, 5.74) is 1.56. The molecule has 0 aliphatic carbocycles. The van der Waals surface area contributed by atoms with Gasteiger partial charge >= 0.3 is 0 Å². The molecule has 0 bridgehead atoms. The van der Waals surface area contributed by atoms with Gasteiger partial charge in [0.05, 0.1) is 16.6 Å². The lowest BCUT2D eigenvalue weighted by Gasteiger charge is -2.12. The van der Waals surface area contributed by atoms with Crippen LogP contribution in [0.15, 0.2) is 65.1 Å². The SMILES string of the molecule is COc1ccc(C(=O)NC(=S)Nc2cccc(C(=O)Nc3ccc(F)c(Cl)c3)c2)cc1Br. The van der Waals surface area contributed by atoms with Crippen LogP contribution in [-0.4, -0.2) is 24.0 Å². The topological polar surface area (TPSA) is 79.5 Å². The summed E-state index contributed by atoms with van der Waals surface area (Å²) in [5.74, 6) is -0.809. The van der Waals surface area contributed by atoms with Gasteiger partial charge in [-0.25, -0.2) is 4.39 Å². The van der Waals surface area contributed by atoms with E-state index < -0.39 is 17.6 Å². The minimum Gasteiger partial charge on any atom is -0.496 e. The molecule has 2 amide bonds. The molecule has 10 heteroatoms. The first kappa shape index (κ1) is 23.6. The highest BCUT2D eigenvalue weighted by atomic mass is 79.9. The lowest BCUT2D eigenvalue weighted by Crippen LogP contribution is -2.34. The molecule has 0 fully saturated rings. The predicted octanol–water partition coefficient (Wildman–Crippen LogP) is 5.63. The summed E-state index contributed by atoms with van der Waals surface area (Å²) in [5, 5.41) is 8.05. The van der Waals surface area contributed by atoms with Gasteiger partial charge in [-0.05, 0) is 82.7 Å². The molecule has 0 unspecified atom stereocenters. The van der Waals surface area contributed by atoms with Gasteiger partial charge in [-0.3, -0.25) is 14.9 Å². The van der Waals surface area contributed by atoms with E-state index in [9.17, 15) is 14.0 Å². The quantitative estimate of drug-likeness (QED) is 0.368. The largest absolute Gasteiger partial charge is 0.496 e. The minimum absolute atomic E-state index is 0.0600. The zero-order valence-corrected chi connectivity index (χ0v) is 19.7. The van der Waals surface area contributed by atoms with Crippen molar-refractivity contribution in [1.82, 2.24) is 5.32 Å². The van der Waals surface area contributed by atoms with Crippen LogP contribution in [0.3, 0.4) is 0 Å². The Morgan fingerprint density at radius 3 is 2.38 bits per heavy atom. The average Bonchev–Trinajstić information content (AvgIpc) is 2.76. The Hall–Kier alpha value is -3.01. The van der Waals surface area contributed by atoms with Crippen molar-refractivity contribution in [1.29, 1.82) is 0 Å². The Bertz CT molecular complexity index is 1210. The zero-order valence-electron chi connectivity index (χ0n) is 16.5. The predicted molar refractivity (Wildman–Crippen MR) is 130 cm³/mol. The molecule has 0 aliphatic rings. The minimum atomic E-state index is -0.576. The monoisotopic (exact) mass is 535 g/mol. The van der Waals surface area contributed by atoms with Gasteiger partial charge in [-0.2, -0.15) is 0 Å². The summed E-state index contributed by atoms with van der Waals surface area (Å²) in [6.07, 6.45) is 0. The maximum Gasteiger partial charge on any atom is 0.257 e. The molecule has 0 saturated carbocycles. The van der Waals surface area contributed by atoms with E-state index in [1.54, 1.807) is 42.5 Å². The Kier molecular flexibility index (Phi) is 7.79. The lowest BCUT2D eigenvalue weighted by molar-refractivity contribution is 0.0976. The van der Waals surface area contributed by atoms with Gasteiger partial charge in [0.25, 0.3) is 11.8 Å². The van der Waals surface area contributed by atoms with Gasteiger partial charge in [0.1, 0.15) is 11.6 Å². The molecular formula is C22H16BrClFN3O3S. The maximum atomic E-state index is 13.3. The van der Waals surface area contributed by atoms with Crippen LogP contribution in [0.2, 0.25) is 5.02 Å². The smallest absolute Gasteiger partial charge is 0.257 e. The summed E-state index contributed by atoms with van der Waals surface area (Å²) in [4.78, 5) is 24.9. The van der Waals surface area contributed by atoms with Gasteiger partial charge in [0.2, 0.25) is 0 Å². The van der Waals surface area contributed by atoms with Gasteiger partial charge in [0, 0.05) is 22.5 Å². The highest BCUT2D eigenvalue weighted by Gasteiger charge is 2.12. The van der Waals surface area contributed by atoms with Crippen LogP contribution < -0.4 is 20.7 Å². The first-order chi connectivity index (χ1) is 15.3. The maximum absolute atomic E-state index is 13.3. The van der Waals surface area contributed by atoms with Crippen molar-refractivity contribution in [3.8, 4) is 5.75 Å². The summed E-state index contributed by atoms with van der Waals surface area (Å²) in [7, 11) is 1.53. The number of thiocarbonyl (C=S) groups is 1. The van der Waals surface area contributed by atoms with Crippen LogP contribution in [0, 0.1) is 5.82 Å². The van der Waals surface area contributed by atoms with Crippen LogP contribution in [-0.2, 0) is 0 Å². The molecule has 3 rings (SSSR count). The normalized spacial score (nSPS) is 10.2. The molecule has 0 radical (unpaired) electrons. The number of benzene rings is 3. The highest BCUT2D eigenvalue weighted by molar-refractivity contribution is 9.10. The van der Waals surface area contributed by atoms with Crippen LogP contribution in [0.1, 0.15) is 20.7 Å². The summed E-state index contributed by atoms with van der Waals surface area (Å²) in [6, 6.07) is 15.3. The number of carbonyl (C=O) groups is 2. The van der Waals surface area contributed by atoms with Gasteiger partial charge in [-0.1, -0.05) is 17.7 Å². The molecule has 0 aromatic heterocycles. The van der Waals surface area contributed by atoms with Gasteiger partial charge in [0.15, 0.2) is 5.11 Å². The average molecular weight is 537 g/mol. The second kappa shape index (κ2) is 10.5. The standard InChI is InChI=1S/C22H16BrClFN3O3S/c1-31-19-8-5-13(10-16(19)23)21(30)28-22(32)27-14-4-2-3-12(9-14)20(29)26-15-6-7-18(25)17(24)11-15/h2-11H,1H3,(H,26,29)(H2,27,28,30,32). The zero-order chi connectivity index (χ0) is 23.3. The van der Waals surface area contributed by atoms with E-state index in [0.717, 1.165) is 0 Å². The fourth-order valence-corrected chi connectivity index (χ4v) is 3.59. The molecule has 3 aromatic rings. The van der Waals surface area contributed by atoms with E-state index in [1.807, 2.05) is 0 Å². The Morgan fingerprint density at radius 1 is 0.969 bits per heavy atom. The fourth-order valence-electron chi connectivity index (χ4n) is 2.66. The number of nitrogens with one attached hydrogen (secondary N) is 3. The first-order valence-electron chi connectivity index (χ1n) is 9.09. The number of anilines is 2. The molecule has 0 saturated heterocycles. The van der Waals surface area contributed by atoms with Crippen molar-refractivity contribution in [2.45, 2.75) is 0 Å². The van der Waals surface area contributed by atoms with E-state index >= 15 is 0 Å². The number of hydrogen-bond donors (Lipinski definition) is 3. The highest BCUT2D eigenvalue weighted by Crippen LogP contribution is 2.25. The van der Waals surface area contributed by atoms with E-state index in [4.69, 9.17) is 28.6 Å². The Morgan fingerprint density at radius 2 is 1.69 bits per heavy atom. The third kappa shape index (κ3) is 6.03. The summed E-state index contributed by atoms with van der Waals surface area (Å²) >= 11 is 14.3. The Balaban J connectivity index is 1.64. The number of amides is 2. The second-order valence-corrected chi connectivity index (χ2v) is 8.09. The second-order valence-electron chi connectivity index (χ2n) is 6.42. The summed E-state index contributed by atoms with van der Waals surface area (Å²) < 4.78 is 19.1. The molecule has 164 valence electrons.